The maximum Gasteiger partial charge on any atom is 0.226 e. The normalized spacial score (nSPS) is 23.9. The summed E-state index contributed by atoms with van der Waals surface area (Å²) in [5.41, 5.74) is 1.03. The lowest BCUT2D eigenvalue weighted by atomic mass is 9.89. The molecule has 136 valence electrons. The Hall–Kier alpha value is -1.92. The van der Waals surface area contributed by atoms with Crippen LogP contribution in [0, 0.1) is 5.92 Å². The molecule has 25 heavy (non-hydrogen) atoms. The summed E-state index contributed by atoms with van der Waals surface area (Å²) in [6.07, 6.45) is 1.82. The van der Waals surface area contributed by atoms with E-state index in [4.69, 9.17) is 9.47 Å². The molecule has 0 aromatic heterocycles. The molecule has 1 N–H and O–H groups in total. The Kier molecular flexibility index (Phi) is 6.42. The van der Waals surface area contributed by atoms with Gasteiger partial charge in [0.1, 0.15) is 0 Å². The first-order chi connectivity index (χ1) is 12.3. The second-order valence-corrected chi connectivity index (χ2v) is 6.48. The van der Waals surface area contributed by atoms with Gasteiger partial charge in [-0.2, -0.15) is 0 Å². The van der Waals surface area contributed by atoms with E-state index in [0.29, 0.717) is 45.9 Å². The molecular formula is C19H26N2O4. The zero-order chi connectivity index (χ0) is 17.5. The maximum atomic E-state index is 12.6. The van der Waals surface area contributed by atoms with Crippen LogP contribution in [0.25, 0.3) is 0 Å². The van der Waals surface area contributed by atoms with Crippen molar-refractivity contribution in [3.05, 3.63) is 35.9 Å². The van der Waals surface area contributed by atoms with Crippen LogP contribution in [0.3, 0.4) is 0 Å². The van der Waals surface area contributed by atoms with Gasteiger partial charge >= 0.3 is 0 Å². The number of carbonyl (C=O) groups is 2. The van der Waals surface area contributed by atoms with E-state index in [1.54, 1.807) is 4.90 Å². The fraction of sp³-hybridized carbons (Fsp3) is 0.579. The Morgan fingerprint density at radius 2 is 1.88 bits per heavy atom. The van der Waals surface area contributed by atoms with Gasteiger partial charge in [-0.15, -0.1) is 0 Å². The van der Waals surface area contributed by atoms with Gasteiger partial charge in [0.2, 0.25) is 11.8 Å². The molecule has 0 unspecified atom stereocenters. The number of rotatable bonds is 5. The summed E-state index contributed by atoms with van der Waals surface area (Å²) in [6.45, 7) is 3.51. The lowest BCUT2D eigenvalue weighted by Crippen LogP contribution is -2.43. The lowest BCUT2D eigenvalue weighted by molar-refractivity contribution is -0.136. The number of hydrogen-bond donors (Lipinski definition) is 1. The number of carbonyl (C=O) groups excluding carboxylic acids is 2. The molecule has 6 nitrogen and oxygen atoms in total. The Morgan fingerprint density at radius 3 is 2.64 bits per heavy atom. The highest BCUT2D eigenvalue weighted by Gasteiger charge is 2.32. The van der Waals surface area contributed by atoms with E-state index in [-0.39, 0.29) is 23.8 Å². The third kappa shape index (κ3) is 4.80. The monoisotopic (exact) mass is 346 g/mol. The lowest BCUT2D eigenvalue weighted by Gasteiger charge is -2.31. The van der Waals surface area contributed by atoms with Crippen molar-refractivity contribution in [3.8, 4) is 0 Å². The summed E-state index contributed by atoms with van der Waals surface area (Å²) < 4.78 is 11.1. The molecule has 0 spiro atoms. The van der Waals surface area contributed by atoms with Gasteiger partial charge in [-0.05, 0) is 18.4 Å². The molecule has 0 saturated carbocycles. The molecule has 3 rings (SSSR count). The van der Waals surface area contributed by atoms with Gasteiger partial charge in [0.25, 0.3) is 0 Å². The first-order valence-corrected chi connectivity index (χ1v) is 9.05. The van der Waals surface area contributed by atoms with Crippen LogP contribution in [-0.4, -0.2) is 56.2 Å². The van der Waals surface area contributed by atoms with E-state index >= 15 is 0 Å². The zero-order valence-corrected chi connectivity index (χ0v) is 14.5. The van der Waals surface area contributed by atoms with E-state index in [0.717, 1.165) is 18.4 Å². The van der Waals surface area contributed by atoms with Crippen LogP contribution in [0.15, 0.2) is 30.3 Å². The Balaban J connectivity index is 1.50. The highest BCUT2D eigenvalue weighted by Crippen LogP contribution is 2.33. The first kappa shape index (κ1) is 17.9. The SMILES string of the molecule is O=C(NCCC(=O)N1CCOCC1)[C@H]1CCCO[C@@H]1c1ccccc1. The molecule has 2 aliphatic rings. The van der Waals surface area contributed by atoms with Crippen LogP contribution in [-0.2, 0) is 19.1 Å². The van der Waals surface area contributed by atoms with Gasteiger partial charge in [-0.25, -0.2) is 0 Å². The second kappa shape index (κ2) is 8.97. The minimum Gasteiger partial charge on any atom is -0.378 e. The van der Waals surface area contributed by atoms with Crippen molar-refractivity contribution in [1.29, 1.82) is 0 Å². The van der Waals surface area contributed by atoms with E-state index in [1.165, 1.54) is 0 Å². The number of ether oxygens (including phenoxy) is 2. The van der Waals surface area contributed by atoms with Crippen molar-refractivity contribution in [2.75, 3.05) is 39.5 Å². The molecule has 1 aromatic rings. The summed E-state index contributed by atoms with van der Waals surface area (Å²) in [5.74, 6) is -0.152. The summed E-state index contributed by atoms with van der Waals surface area (Å²) in [5, 5.41) is 2.92. The van der Waals surface area contributed by atoms with E-state index in [2.05, 4.69) is 5.32 Å². The van der Waals surface area contributed by atoms with Gasteiger partial charge in [0.15, 0.2) is 0 Å². The molecule has 2 atom stereocenters. The van der Waals surface area contributed by atoms with Gasteiger partial charge in [-0.1, -0.05) is 30.3 Å². The molecule has 0 radical (unpaired) electrons. The van der Waals surface area contributed by atoms with Gasteiger partial charge < -0.3 is 19.7 Å². The second-order valence-electron chi connectivity index (χ2n) is 6.48. The molecule has 2 fully saturated rings. The van der Waals surface area contributed by atoms with Gasteiger partial charge in [-0.3, -0.25) is 9.59 Å². The summed E-state index contributed by atoms with van der Waals surface area (Å²) in [7, 11) is 0. The fourth-order valence-electron chi connectivity index (χ4n) is 3.42. The van der Waals surface area contributed by atoms with E-state index in [9.17, 15) is 9.59 Å². The number of hydrogen-bond acceptors (Lipinski definition) is 4. The number of benzene rings is 1. The average Bonchev–Trinajstić information content (AvgIpc) is 2.69. The van der Waals surface area contributed by atoms with Crippen molar-refractivity contribution in [2.45, 2.75) is 25.4 Å². The standard InChI is InChI=1S/C19H26N2O4/c22-17(21-10-13-24-14-11-21)8-9-20-19(23)16-7-4-12-25-18(16)15-5-2-1-3-6-15/h1-3,5-6,16,18H,4,7-14H2,(H,20,23)/t16-,18+/m0/s1. The Labute approximate surface area is 148 Å². The molecule has 2 amide bonds. The summed E-state index contributed by atoms with van der Waals surface area (Å²) in [4.78, 5) is 26.5. The van der Waals surface area contributed by atoms with Crippen LogP contribution >= 0.6 is 0 Å². The van der Waals surface area contributed by atoms with Crippen LogP contribution in [0.5, 0.6) is 0 Å². The number of morpholine rings is 1. The molecule has 2 saturated heterocycles. The van der Waals surface area contributed by atoms with Crippen LogP contribution in [0.4, 0.5) is 0 Å². The molecular weight excluding hydrogens is 320 g/mol. The number of amides is 2. The Morgan fingerprint density at radius 1 is 1.12 bits per heavy atom. The van der Waals surface area contributed by atoms with Crippen molar-refractivity contribution < 1.29 is 19.1 Å². The average molecular weight is 346 g/mol. The third-order valence-electron chi connectivity index (χ3n) is 4.79. The van der Waals surface area contributed by atoms with E-state index < -0.39 is 0 Å². The Bertz CT molecular complexity index is 572. The van der Waals surface area contributed by atoms with Crippen molar-refractivity contribution in [1.82, 2.24) is 10.2 Å². The molecule has 0 aliphatic carbocycles. The van der Waals surface area contributed by atoms with Crippen molar-refractivity contribution in [3.63, 3.8) is 0 Å². The highest BCUT2D eigenvalue weighted by molar-refractivity contribution is 5.81. The minimum atomic E-state index is -0.204. The van der Waals surface area contributed by atoms with Crippen LogP contribution in [0.1, 0.15) is 30.9 Å². The minimum absolute atomic E-state index is 0.0247. The molecule has 6 heteroatoms. The van der Waals surface area contributed by atoms with Crippen LogP contribution < -0.4 is 5.32 Å². The molecule has 0 bridgehead atoms. The quantitative estimate of drug-likeness (QED) is 0.878. The number of nitrogens with one attached hydrogen (secondary N) is 1. The first-order valence-electron chi connectivity index (χ1n) is 9.05. The summed E-state index contributed by atoms with van der Waals surface area (Å²) >= 11 is 0. The largest absolute Gasteiger partial charge is 0.378 e. The third-order valence-corrected chi connectivity index (χ3v) is 4.79. The highest BCUT2D eigenvalue weighted by atomic mass is 16.5. The van der Waals surface area contributed by atoms with Crippen molar-refractivity contribution >= 4 is 11.8 Å². The fourth-order valence-corrected chi connectivity index (χ4v) is 3.42. The molecule has 2 heterocycles. The predicted octanol–water partition coefficient (Wildman–Crippen LogP) is 1.52. The molecule has 1 aromatic carbocycles. The molecule has 2 aliphatic heterocycles. The zero-order valence-electron chi connectivity index (χ0n) is 14.5. The predicted molar refractivity (Wildman–Crippen MR) is 92.9 cm³/mol. The maximum absolute atomic E-state index is 12.6. The van der Waals surface area contributed by atoms with Gasteiger partial charge in [0.05, 0.1) is 25.2 Å². The summed E-state index contributed by atoms with van der Waals surface area (Å²) in [6, 6.07) is 9.88. The van der Waals surface area contributed by atoms with Crippen LogP contribution in [0.2, 0.25) is 0 Å². The van der Waals surface area contributed by atoms with E-state index in [1.807, 2.05) is 30.3 Å². The smallest absolute Gasteiger partial charge is 0.226 e. The topological polar surface area (TPSA) is 67.9 Å². The van der Waals surface area contributed by atoms with Gasteiger partial charge in [0, 0.05) is 32.7 Å². The number of nitrogens with zero attached hydrogens (tertiary/aromatic N) is 1. The van der Waals surface area contributed by atoms with Crippen molar-refractivity contribution in [2.24, 2.45) is 5.92 Å².